The molecule has 0 radical (unpaired) electrons. The Morgan fingerprint density at radius 3 is 2.03 bits per heavy atom. The van der Waals surface area contributed by atoms with Crippen molar-refractivity contribution >= 4 is 27.3 Å². The van der Waals surface area contributed by atoms with Crippen LogP contribution in [0.25, 0.3) is 0 Å². The summed E-state index contributed by atoms with van der Waals surface area (Å²) in [6.45, 7) is 1.45. The van der Waals surface area contributed by atoms with Crippen LogP contribution in [-0.4, -0.2) is 44.0 Å². The highest BCUT2D eigenvalue weighted by molar-refractivity contribution is 7.91. The van der Waals surface area contributed by atoms with E-state index >= 15 is 0 Å². The van der Waals surface area contributed by atoms with E-state index in [9.17, 15) is 18.0 Å². The third-order valence-electron chi connectivity index (χ3n) is 6.26. The third kappa shape index (κ3) is 7.26. The zero-order valence-electron chi connectivity index (χ0n) is 19.6. The van der Waals surface area contributed by atoms with Crippen molar-refractivity contribution in [1.82, 2.24) is 4.90 Å². The fourth-order valence-corrected chi connectivity index (χ4v) is 5.71. The van der Waals surface area contributed by atoms with Gasteiger partial charge in [-0.05, 0) is 60.6 Å². The van der Waals surface area contributed by atoms with E-state index in [4.69, 9.17) is 0 Å². The number of rotatable bonds is 8. The fourth-order valence-electron chi connectivity index (χ4n) is 4.44. The first-order valence-electron chi connectivity index (χ1n) is 11.9. The lowest BCUT2D eigenvalue weighted by Crippen LogP contribution is -2.38. The first-order valence-corrected chi connectivity index (χ1v) is 13.7. The molecule has 0 aromatic heterocycles. The molecule has 1 fully saturated rings. The van der Waals surface area contributed by atoms with Gasteiger partial charge in [0.2, 0.25) is 5.91 Å². The number of piperidine rings is 1. The van der Waals surface area contributed by atoms with Gasteiger partial charge in [0.05, 0.1) is 5.75 Å². The standard InChI is InChI=1S/C28H30N2O4S/c31-27(29-26-9-5-2-6-10-26)21-35(33,34)20-24-11-13-25(14-12-24)28(32)30-17-15-23(16-18-30)19-22-7-3-1-4-8-22/h1-14,23H,15-21H2,(H,29,31). The third-order valence-corrected chi connectivity index (χ3v) is 7.74. The Morgan fingerprint density at radius 1 is 0.800 bits per heavy atom. The molecule has 0 aliphatic carbocycles. The van der Waals surface area contributed by atoms with E-state index in [2.05, 4.69) is 29.6 Å². The molecule has 7 heteroatoms. The molecule has 35 heavy (non-hydrogen) atoms. The van der Waals surface area contributed by atoms with Crippen molar-refractivity contribution in [2.24, 2.45) is 5.92 Å². The number of para-hydroxylation sites is 1. The summed E-state index contributed by atoms with van der Waals surface area (Å²) in [6.07, 6.45) is 2.99. The highest BCUT2D eigenvalue weighted by Crippen LogP contribution is 2.23. The lowest BCUT2D eigenvalue weighted by molar-refractivity contribution is -0.113. The average molecular weight is 491 g/mol. The summed E-state index contributed by atoms with van der Waals surface area (Å²) in [7, 11) is -3.65. The summed E-state index contributed by atoms with van der Waals surface area (Å²) in [5.41, 5.74) is 2.99. The predicted molar refractivity (Wildman–Crippen MR) is 138 cm³/mol. The maximum absolute atomic E-state index is 12.9. The van der Waals surface area contributed by atoms with Gasteiger partial charge < -0.3 is 10.2 Å². The van der Waals surface area contributed by atoms with Gasteiger partial charge in [0.25, 0.3) is 5.91 Å². The van der Waals surface area contributed by atoms with Gasteiger partial charge in [-0.2, -0.15) is 0 Å². The number of nitrogens with zero attached hydrogens (tertiary/aromatic N) is 1. The van der Waals surface area contributed by atoms with Gasteiger partial charge in [-0.25, -0.2) is 8.42 Å². The van der Waals surface area contributed by atoms with Crippen molar-refractivity contribution in [2.45, 2.75) is 25.0 Å². The van der Waals surface area contributed by atoms with E-state index in [1.807, 2.05) is 17.0 Å². The van der Waals surface area contributed by atoms with E-state index in [-0.39, 0.29) is 11.7 Å². The summed E-state index contributed by atoms with van der Waals surface area (Å²) < 4.78 is 25.0. The number of hydrogen-bond donors (Lipinski definition) is 1. The van der Waals surface area contributed by atoms with Gasteiger partial charge in [0.1, 0.15) is 5.75 Å². The summed E-state index contributed by atoms with van der Waals surface area (Å²) in [5.74, 6) is -0.874. The van der Waals surface area contributed by atoms with Crippen molar-refractivity contribution in [3.63, 3.8) is 0 Å². The Kier molecular flexibility index (Phi) is 7.98. The van der Waals surface area contributed by atoms with E-state index in [0.29, 0.717) is 22.7 Å². The Labute approximate surface area is 206 Å². The molecule has 1 N–H and O–H groups in total. The molecule has 1 saturated heterocycles. The topological polar surface area (TPSA) is 83.5 Å². The quantitative estimate of drug-likeness (QED) is 0.509. The SMILES string of the molecule is O=C(CS(=O)(=O)Cc1ccc(C(=O)N2CCC(Cc3ccccc3)CC2)cc1)Nc1ccccc1. The minimum Gasteiger partial charge on any atom is -0.339 e. The molecule has 0 atom stereocenters. The highest BCUT2D eigenvalue weighted by atomic mass is 32.2. The number of likely N-dealkylation sites (tertiary alicyclic amines) is 1. The summed E-state index contributed by atoms with van der Waals surface area (Å²) in [4.78, 5) is 26.9. The van der Waals surface area contributed by atoms with Crippen molar-refractivity contribution in [3.8, 4) is 0 Å². The molecule has 182 valence electrons. The van der Waals surface area contributed by atoms with Crippen LogP contribution in [0.3, 0.4) is 0 Å². The Hall–Kier alpha value is -3.45. The number of nitrogens with one attached hydrogen (secondary N) is 1. The molecule has 1 aliphatic heterocycles. The molecule has 1 heterocycles. The second kappa shape index (κ2) is 11.3. The number of hydrogen-bond acceptors (Lipinski definition) is 4. The maximum Gasteiger partial charge on any atom is 0.253 e. The summed E-state index contributed by atoms with van der Waals surface area (Å²) >= 11 is 0. The predicted octanol–water partition coefficient (Wildman–Crippen LogP) is 4.34. The molecule has 2 amide bonds. The van der Waals surface area contributed by atoms with E-state index in [1.54, 1.807) is 48.5 Å². The van der Waals surface area contributed by atoms with Crippen LogP contribution in [0.4, 0.5) is 5.69 Å². The molecule has 0 saturated carbocycles. The van der Waals surface area contributed by atoms with Crippen LogP contribution in [0.2, 0.25) is 0 Å². The Bertz CT molecular complexity index is 1240. The lowest BCUT2D eigenvalue weighted by atomic mass is 9.90. The zero-order valence-corrected chi connectivity index (χ0v) is 20.4. The molecular formula is C28H30N2O4S. The van der Waals surface area contributed by atoms with Crippen LogP contribution in [-0.2, 0) is 26.8 Å². The normalized spacial score (nSPS) is 14.5. The molecular weight excluding hydrogens is 460 g/mol. The Balaban J connectivity index is 1.27. The zero-order chi connectivity index (χ0) is 24.7. The molecule has 6 nitrogen and oxygen atoms in total. The molecule has 0 spiro atoms. The lowest BCUT2D eigenvalue weighted by Gasteiger charge is -2.32. The van der Waals surface area contributed by atoms with Crippen LogP contribution in [0, 0.1) is 5.92 Å². The highest BCUT2D eigenvalue weighted by Gasteiger charge is 2.24. The van der Waals surface area contributed by atoms with Crippen LogP contribution >= 0.6 is 0 Å². The minimum atomic E-state index is -3.65. The van der Waals surface area contributed by atoms with Crippen molar-refractivity contribution in [2.75, 3.05) is 24.2 Å². The fraction of sp³-hybridized carbons (Fsp3) is 0.286. The number of sulfone groups is 1. The summed E-state index contributed by atoms with van der Waals surface area (Å²) in [6, 6.07) is 25.8. The molecule has 0 bridgehead atoms. The second-order valence-corrected chi connectivity index (χ2v) is 11.1. The minimum absolute atomic E-state index is 0.0280. The van der Waals surface area contributed by atoms with Crippen LogP contribution in [0.15, 0.2) is 84.9 Å². The molecule has 3 aromatic carbocycles. The first kappa shape index (κ1) is 24.7. The molecule has 0 unspecified atom stereocenters. The molecule has 1 aliphatic rings. The largest absolute Gasteiger partial charge is 0.339 e. The number of carbonyl (C=O) groups excluding carboxylic acids is 2. The van der Waals surface area contributed by atoms with Gasteiger partial charge >= 0.3 is 0 Å². The summed E-state index contributed by atoms with van der Waals surface area (Å²) in [5, 5.41) is 2.59. The second-order valence-electron chi connectivity index (χ2n) is 9.07. The van der Waals surface area contributed by atoms with Crippen LogP contribution < -0.4 is 5.32 Å². The van der Waals surface area contributed by atoms with Crippen molar-refractivity contribution in [3.05, 3.63) is 102 Å². The van der Waals surface area contributed by atoms with Gasteiger partial charge in [-0.3, -0.25) is 9.59 Å². The van der Waals surface area contributed by atoms with Gasteiger partial charge in [0.15, 0.2) is 9.84 Å². The van der Waals surface area contributed by atoms with Gasteiger partial charge in [-0.15, -0.1) is 0 Å². The first-order chi connectivity index (χ1) is 16.9. The van der Waals surface area contributed by atoms with Crippen LogP contribution in [0.1, 0.15) is 34.3 Å². The van der Waals surface area contributed by atoms with Crippen molar-refractivity contribution < 1.29 is 18.0 Å². The average Bonchev–Trinajstić information content (AvgIpc) is 2.85. The Morgan fingerprint density at radius 2 is 1.40 bits per heavy atom. The van der Waals surface area contributed by atoms with E-state index in [1.165, 1.54) is 5.56 Å². The molecule has 4 rings (SSSR count). The number of anilines is 1. The van der Waals surface area contributed by atoms with Crippen LogP contribution in [0.5, 0.6) is 0 Å². The number of amides is 2. The monoisotopic (exact) mass is 490 g/mol. The smallest absolute Gasteiger partial charge is 0.253 e. The maximum atomic E-state index is 12.9. The number of carbonyl (C=O) groups is 2. The van der Waals surface area contributed by atoms with Gasteiger partial charge in [-0.1, -0.05) is 60.7 Å². The molecule has 3 aromatic rings. The number of benzene rings is 3. The van der Waals surface area contributed by atoms with Crippen molar-refractivity contribution in [1.29, 1.82) is 0 Å². The van der Waals surface area contributed by atoms with E-state index < -0.39 is 21.5 Å². The van der Waals surface area contributed by atoms with Gasteiger partial charge in [0, 0.05) is 24.3 Å². The van der Waals surface area contributed by atoms with E-state index in [0.717, 1.165) is 32.4 Å².